The van der Waals surface area contributed by atoms with Gasteiger partial charge in [-0.2, -0.15) is 0 Å². The van der Waals surface area contributed by atoms with Crippen molar-refractivity contribution in [1.82, 2.24) is 24.8 Å². The quantitative estimate of drug-likeness (QED) is 0.560. The van der Waals surface area contributed by atoms with Gasteiger partial charge in [-0.3, -0.25) is 9.78 Å². The van der Waals surface area contributed by atoms with Gasteiger partial charge in [-0.05, 0) is 18.2 Å². The minimum absolute atomic E-state index is 0.0763. The van der Waals surface area contributed by atoms with Crippen LogP contribution in [0.25, 0.3) is 22.1 Å². The molecule has 4 aromatic rings. The fraction of sp³-hybridized carbons (Fsp3) is 0.238. The van der Waals surface area contributed by atoms with Gasteiger partial charge in [0.15, 0.2) is 11.8 Å². The first-order chi connectivity index (χ1) is 14.5. The highest BCUT2D eigenvalue weighted by molar-refractivity contribution is 5.96. The number of fused-ring (bicyclic) bond motifs is 2. The maximum absolute atomic E-state index is 14.6. The third kappa shape index (κ3) is 3.32. The third-order valence-electron chi connectivity index (χ3n) is 5.19. The van der Waals surface area contributed by atoms with E-state index in [2.05, 4.69) is 19.9 Å². The lowest BCUT2D eigenvalue weighted by Crippen LogP contribution is -2.55. The molecule has 1 atom stereocenters. The van der Waals surface area contributed by atoms with Gasteiger partial charge in [-0.15, -0.1) is 0 Å². The van der Waals surface area contributed by atoms with E-state index in [-0.39, 0.29) is 24.7 Å². The van der Waals surface area contributed by atoms with E-state index in [1.165, 1.54) is 17.3 Å². The van der Waals surface area contributed by atoms with E-state index >= 15 is 0 Å². The lowest BCUT2D eigenvalue weighted by molar-refractivity contribution is -0.131. The van der Waals surface area contributed by atoms with Gasteiger partial charge >= 0.3 is 0 Å². The maximum atomic E-state index is 14.6. The molecule has 0 radical (unpaired) electrons. The van der Waals surface area contributed by atoms with Crippen molar-refractivity contribution < 1.29 is 18.3 Å². The average Bonchev–Trinajstić information content (AvgIpc) is 3.19. The zero-order chi connectivity index (χ0) is 20.7. The van der Waals surface area contributed by atoms with Crippen molar-refractivity contribution in [2.75, 3.05) is 13.1 Å². The van der Waals surface area contributed by atoms with Gasteiger partial charge in [-0.1, -0.05) is 18.2 Å². The Balaban J connectivity index is 1.38. The molecular formula is C21H17F2N5O2. The van der Waals surface area contributed by atoms with E-state index < -0.39 is 24.4 Å². The number of ether oxygens (including phenoxy) is 1. The Kier molecular flexibility index (Phi) is 4.30. The number of aromatic amines is 1. The minimum atomic E-state index is -3.08. The third-order valence-corrected chi connectivity index (χ3v) is 5.19. The number of para-hydroxylation sites is 1. The van der Waals surface area contributed by atoms with E-state index in [4.69, 9.17) is 4.74 Å². The molecule has 4 heterocycles. The number of alkyl halides is 2. The predicted octanol–water partition coefficient (Wildman–Crippen LogP) is 3.43. The number of aromatic nitrogens is 4. The molecular weight excluding hydrogens is 392 g/mol. The zero-order valence-electron chi connectivity index (χ0n) is 15.8. The number of hydrogen-bond acceptors (Lipinski definition) is 5. The number of rotatable bonds is 3. The number of hydrogen-bond donors (Lipinski definition) is 1. The summed E-state index contributed by atoms with van der Waals surface area (Å²) >= 11 is 0. The molecule has 0 bridgehead atoms. The first-order valence-electron chi connectivity index (χ1n) is 9.49. The lowest BCUT2D eigenvalue weighted by atomic mass is 10.0. The summed E-state index contributed by atoms with van der Waals surface area (Å²) in [5.74, 6) is -3.37. The molecule has 1 fully saturated rings. The number of carbonyl (C=O) groups is 1. The van der Waals surface area contributed by atoms with Crippen LogP contribution in [0.3, 0.4) is 0 Å². The van der Waals surface area contributed by atoms with Crippen LogP contribution in [-0.2, 0) is 0 Å². The molecule has 1 unspecified atom stereocenters. The largest absolute Gasteiger partial charge is 0.466 e. The second kappa shape index (κ2) is 7.01. The SMILES string of the molecule is O=C(c1cc2nccnc2[nH]1)N1CCC(F)(F)C(Oc2ccc3ccccc3n2)C1. The zero-order valence-corrected chi connectivity index (χ0v) is 15.8. The number of nitrogens with one attached hydrogen (secondary N) is 1. The number of benzene rings is 1. The van der Waals surface area contributed by atoms with Crippen molar-refractivity contribution in [3.8, 4) is 5.88 Å². The fourth-order valence-corrected chi connectivity index (χ4v) is 3.57. The molecule has 1 N–H and O–H groups in total. The number of carbonyl (C=O) groups excluding carboxylic acids is 1. The molecule has 0 aliphatic carbocycles. The predicted molar refractivity (Wildman–Crippen MR) is 106 cm³/mol. The van der Waals surface area contributed by atoms with Crippen LogP contribution in [0.1, 0.15) is 16.9 Å². The summed E-state index contributed by atoms with van der Waals surface area (Å²) in [5, 5.41) is 0.887. The van der Waals surface area contributed by atoms with Gasteiger partial charge < -0.3 is 14.6 Å². The number of H-pyrrole nitrogens is 1. The standard InChI is InChI=1S/C21H17F2N5O2/c22-21(23)7-10-28(20(29)16-11-15-19(27-16)25-9-8-24-15)12-17(21)30-18-6-5-13-3-1-2-4-14(13)26-18/h1-6,8-9,11,17H,7,10,12H2,(H,25,27). The highest BCUT2D eigenvalue weighted by Crippen LogP contribution is 2.32. The Bertz CT molecular complexity index is 1210. The smallest absolute Gasteiger partial charge is 0.287 e. The van der Waals surface area contributed by atoms with Gasteiger partial charge in [0.25, 0.3) is 11.8 Å². The Morgan fingerprint density at radius 3 is 2.83 bits per heavy atom. The van der Waals surface area contributed by atoms with E-state index in [0.717, 1.165) is 5.39 Å². The molecule has 1 aromatic carbocycles. The highest BCUT2D eigenvalue weighted by atomic mass is 19.3. The maximum Gasteiger partial charge on any atom is 0.287 e. The van der Waals surface area contributed by atoms with Crippen LogP contribution >= 0.6 is 0 Å². The molecule has 1 amide bonds. The monoisotopic (exact) mass is 409 g/mol. The number of likely N-dealkylation sites (tertiary alicyclic amines) is 1. The van der Waals surface area contributed by atoms with E-state index in [0.29, 0.717) is 16.7 Å². The van der Waals surface area contributed by atoms with Crippen LogP contribution in [-0.4, -0.2) is 55.9 Å². The summed E-state index contributed by atoms with van der Waals surface area (Å²) in [5.41, 5.74) is 1.91. The average molecular weight is 409 g/mol. The van der Waals surface area contributed by atoms with Crippen LogP contribution in [0, 0.1) is 0 Å². The molecule has 1 aliphatic heterocycles. The molecule has 1 aliphatic rings. The summed E-state index contributed by atoms with van der Waals surface area (Å²) in [4.78, 5) is 29.7. The summed E-state index contributed by atoms with van der Waals surface area (Å²) < 4.78 is 34.7. The van der Waals surface area contributed by atoms with Crippen molar-refractivity contribution in [3.05, 3.63) is 60.6 Å². The van der Waals surface area contributed by atoms with Crippen LogP contribution in [0.5, 0.6) is 5.88 Å². The van der Waals surface area contributed by atoms with E-state index in [1.54, 1.807) is 24.3 Å². The minimum Gasteiger partial charge on any atom is -0.466 e. The van der Waals surface area contributed by atoms with E-state index in [1.807, 2.05) is 18.2 Å². The molecule has 3 aromatic heterocycles. The summed E-state index contributed by atoms with van der Waals surface area (Å²) in [6.07, 6.45) is 1.04. The molecule has 5 rings (SSSR count). The normalized spacial score (nSPS) is 18.6. The number of nitrogens with zero attached hydrogens (tertiary/aromatic N) is 4. The fourth-order valence-electron chi connectivity index (χ4n) is 3.57. The molecule has 7 nitrogen and oxygen atoms in total. The second-order valence-corrected chi connectivity index (χ2v) is 7.18. The Labute approximate surface area is 169 Å². The number of pyridine rings is 1. The second-order valence-electron chi connectivity index (χ2n) is 7.18. The van der Waals surface area contributed by atoms with Crippen molar-refractivity contribution in [3.63, 3.8) is 0 Å². The number of piperidine rings is 1. The lowest BCUT2D eigenvalue weighted by Gasteiger charge is -2.37. The van der Waals surface area contributed by atoms with Crippen LogP contribution in [0.2, 0.25) is 0 Å². The van der Waals surface area contributed by atoms with Crippen LogP contribution in [0.4, 0.5) is 8.78 Å². The Hall–Kier alpha value is -3.62. The molecule has 30 heavy (non-hydrogen) atoms. The van der Waals surface area contributed by atoms with Crippen molar-refractivity contribution in [1.29, 1.82) is 0 Å². The van der Waals surface area contributed by atoms with Crippen LogP contribution < -0.4 is 4.74 Å². The summed E-state index contributed by atoms with van der Waals surface area (Å²) in [7, 11) is 0. The highest BCUT2D eigenvalue weighted by Gasteiger charge is 2.47. The van der Waals surface area contributed by atoms with Crippen molar-refractivity contribution >= 4 is 28.0 Å². The van der Waals surface area contributed by atoms with Gasteiger partial charge in [0, 0.05) is 36.8 Å². The summed E-state index contributed by atoms with van der Waals surface area (Å²) in [6.45, 7) is -0.330. The number of amides is 1. The van der Waals surface area contributed by atoms with Crippen LogP contribution in [0.15, 0.2) is 54.9 Å². The first kappa shape index (κ1) is 18.4. The first-order valence-corrected chi connectivity index (χ1v) is 9.49. The van der Waals surface area contributed by atoms with Gasteiger partial charge in [0.05, 0.1) is 12.1 Å². The van der Waals surface area contributed by atoms with Gasteiger partial charge in [-0.25, -0.2) is 18.7 Å². The topological polar surface area (TPSA) is 84.0 Å². The molecule has 9 heteroatoms. The summed E-state index contributed by atoms with van der Waals surface area (Å²) in [6, 6.07) is 12.3. The Morgan fingerprint density at radius 2 is 1.97 bits per heavy atom. The van der Waals surface area contributed by atoms with Crippen molar-refractivity contribution in [2.24, 2.45) is 0 Å². The van der Waals surface area contributed by atoms with Gasteiger partial charge in [0.2, 0.25) is 5.88 Å². The molecule has 0 saturated carbocycles. The van der Waals surface area contributed by atoms with Gasteiger partial charge in [0.1, 0.15) is 11.2 Å². The molecule has 1 saturated heterocycles. The molecule has 152 valence electrons. The molecule has 0 spiro atoms. The Morgan fingerprint density at radius 1 is 1.13 bits per heavy atom. The van der Waals surface area contributed by atoms with E-state index in [9.17, 15) is 13.6 Å². The van der Waals surface area contributed by atoms with Crippen molar-refractivity contribution in [2.45, 2.75) is 18.4 Å². The number of halogens is 2.